The van der Waals surface area contributed by atoms with E-state index in [1.54, 1.807) is 11.8 Å². The van der Waals surface area contributed by atoms with Gasteiger partial charge >= 0.3 is 0 Å². The molecule has 0 saturated heterocycles. The number of hydrogen-bond donors (Lipinski definition) is 1. The number of benzene rings is 1. The summed E-state index contributed by atoms with van der Waals surface area (Å²) in [7, 11) is 0. The van der Waals surface area contributed by atoms with Crippen LogP contribution < -0.4 is 5.32 Å². The molecule has 1 fully saturated rings. The van der Waals surface area contributed by atoms with Crippen LogP contribution in [0.4, 0.5) is 5.95 Å². The molecule has 0 aliphatic heterocycles. The van der Waals surface area contributed by atoms with Gasteiger partial charge in [0, 0.05) is 17.1 Å². The second-order valence-corrected chi connectivity index (χ2v) is 5.65. The number of hydrogen-bond acceptors (Lipinski definition) is 4. The predicted molar refractivity (Wildman–Crippen MR) is 74.0 cm³/mol. The molecule has 0 bridgehead atoms. The zero-order valence-corrected chi connectivity index (χ0v) is 11.1. The van der Waals surface area contributed by atoms with E-state index in [-0.39, 0.29) is 0 Å². The summed E-state index contributed by atoms with van der Waals surface area (Å²) < 4.78 is 0. The number of anilines is 1. The summed E-state index contributed by atoms with van der Waals surface area (Å²) in [5, 5.41) is 4.30. The van der Waals surface area contributed by atoms with Crippen molar-refractivity contribution in [2.75, 3.05) is 5.32 Å². The third-order valence-electron chi connectivity index (χ3n) is 2.78. The van der Waals surface area contributed by atoms with Crippen molar-refractivity contribution in [2.24, 2.45) is 0 Å². The lowest BCUT2D eigenvalue weighted by Gasteiger charge is -2.05. The molecule has 3 rings (SSSR count). The van der Waals surface area contributed by atoms with Crippen molar-refractivity contribution in [3.63, 3.8) is 0 Å². The Bertz CT molecular complexity index is 535. The Morgan fingerprint density at radius 3 is 2.67 bits per heavy atom. The molecule has 0 unspecified atom stereocenters. The largest absolute Gasteiger partial charge is 0.351 e. The first-order valence-corrected chi connectivity index (χ1v) is 6.95. The Morgan fingerprint density at radius 2 is 1.94 bits per heavy atom. The SMILES string of the molecule is Cc1ccc(Sc2ccnc(NC3CC3)n2)cc1. The van der Waals surface area contributed by atoms with Gasteiger partial charge in [0.05, 0.1) is 0 Å². The van der Waals surface area contributed by atoms with Crippen molar-refractivity contribution in [3.05, 3.63) is 42.1 Å². The molecular weight excluding hydrogens is 242 g/mol. The summed E-state index contributed by atoms with van der Waals surface area (Å²) in [6.07, 6.45) is 4.28. The summed E-state index contributed by atoms with van der Waals surface area (Å²) >= 11 is 1.67. The van der Waals surface area contributed by atoms with Crippen molar-refractivity contribution in [1.82, 2.24) is 9.97 Å². The van der Waals surface area contributed by atoms with E-state index in [0.29, 0.717) is 6.04 Å². The minimum absolute atomic E-state index is 0.588. The molecule has 3 nitrogen and oxygen atoms in total. The Kier molecular flexibility index (Phi) is 3.19. The van der Waals surface area contributed by atoms with E-state index < -0.39 is 0 Å². The summed E-state index contributed by atoms with van der Waals surface area (Å²) in [5.41, 5.74) is 1.28. The molecule has 1 aliphatic carbocycles. The van der Waals surface area contributed by atoms with E-state index in [1.807, 2.05) is 12.3 Å². The average Bonchev–Trinajstić information content (AvgIpc) is 3.17. The van der Waals surface area contributed by atoms with Gasteiger partial charge in [-0.25, -0.2) is 9.97 Å². The van der Waals surface area contributed by atoms with Gasteiger partial charge in [-0.2, -0.15) is 0 Å². The molecule has 1 aliphatic rings. The van der Waals surface area contributed by atoms with E-state index in [9.17, 15) is 0 Å². The highest BCUT2D eigenvalue weighted by molar-refractivity contribution is 7.99. The fraction of sp³-hybridized carbons (Fsp3) is 0.286. The molecule has 1 aromatic carbocycles. The summed E-state index contributed by atoms with van der Waals surface area (Å²) in [6.45, 7) is 2.09. The van der Waals surface area contributed by atoms with Crippen molar-refractivity contribution in [3.8, 4) is 0 Å². The monoisotopic (exact) mass is 257 g/mol. The molecule has 2 aromatic rings. The molecule has 1 heterocycles. The maximum absolute atomic E-state index is 4.51. The lowest BCUT2D eigenvalue weighted by atomic mass is 10.2. The Morgan fingerprint density at radius 1 is 1.17 bits per heavy atom. The quantitative estimate of drug-likeness (QED) is 0.851. The van der Waals surface area contributed by atoms with Crippen LogP contribution in [0, 0.1) is 6.92 Å². The second kappa shape index (κ2) is 4.98. The smallest absolute Gasteiger partial charge is 0.223 e. The third-order valence-corrected chi connectivity index (χ3v) is 3.73. The van der Waals surface area contributed by atoms with Gasteiger partial charge in [0.25, 0.3) is 0 Å². The van der Waals surface area contributed by atoms with Gasteiger partial charge in [-0.3, -0.25) is 0 Å². The fourth-order valence-corrected chi connectivity index (χ4v) is 2.38. The van der Waals surface area contributed by atoms with E-state index in [2.05, 4.69) is 46.5 Å². The van der Waals surface area contributed by atoms with Crippen molar-refractivity contribution < 1.29 is 0 Å². The fourth-order valence-electron chi connectivity index (χ4n) is 1.61. The van der Waals surface area contributed by atoms with Crippen molar-refractivity contribution >= 4 is 17.7 Å². The molecule has 18 heavy (non-hydrogen) atoms. The number of rotatable bonds is 4. The first-order valence-electron chi connectivity index (χ1n) is 6.14. The Hall–Kier alpha value is -1.55. The number of nitrogens with zero attached hydrogens (tertiary/aromatic N) is 2. The first-order chi connectivity index (χ1) is 8.79. The average molecular weight is 257 g/mol. The lowest BCUT2D eigenvalue weighted by Crippen LogP contribution is -2.05. The molecule has 0 spiro atoms. The van der Waals surface area contributed by atoms with Gasteiger partial charge in [0.1, 0.15) is 5.03 Å². The maximum atomic E-state index is 4.51. The molecule has 0 atom stereocenters. The van der Waals surface area contributed by atoms with Crippen LogP contribution in [0.3, 0.4) is 0 Å². The van der Waals surface area contributed by atoms with Crippen molar-refractivity contribution in [2.45, 2.75) is 35.7 Å². The number of aryl methyl sites for hydroxylation is 1. The summed E-state index contributed by atoms with van der Waals surface area (Å²) in [5.74, 6) is 0.745. The first kappa shape index (κ1) is 11.5. The van der Waals surface area contributed by atoms with Gasteiger partial charge in [0.2, 0.25) is 5.95 Å². The van der Waals surface area contributed by atoms with Gasteiger partial charge in [-0.1, -0.05) is 29.5 Å². The van der Waals surface area contributed by atoms with Crippen LogP contribution in [0.1, 0.15) is 18.4 Å². The van der Waals surface area contributed by atoms with Crippen LogP contribution in [-0.4, -0.2) is 16.0 Å². The normalized spacial score (nSPS) is 14.5. The summed E-state index contributed by atoms with van der Waals surface area (Å²) in [6, 6.07) is 11.0. The summed E-state index contributed by atoms with van der Waals surface area (Å²) in [4.78, 5) is 9.96. The predicted octanol–water partition coefficient (Wildman–Crippen LogP) is 3.51. The maximum Gasteiger partial charge on any atom is 0.223 e. The van der Waals surface area contributed by atoms with Gasteiger partial charge in [-0.15, -0.1) is 0 Å². The lowest BCUT2D eigenvalue weighted by molar-refractivity contribution is 0.996. The van der Waals surface area contributed by atoms with Crippen LogP contribution >= 0.6 is 11.8 Å². The number of nitrogens with one attached hydrogen (secondary N) is 1. The molecule has 4 heteroatoms. The minimum Gasteiger partial charge on any atom is -0.351 e. The highest BCUT2D eigenvalue weighted by Crippen LogP contribution is 2.28. The van der Waals surface area contributed by atoms with Gasteiger partial charge in [0.15, 0.2) is 0 Å². The highest BCUT2D eigenvalue weighted by Gasteiger charge is 2.21. The van der Waals surface area contributed by atoms with Crippen LogP contribution in [0.15, 0.2) is 46.5 Å². The molecule has 92 valence electrons. The highest BCUT2D eigenvalue weighted by atomic mass is 32.2. The molecule has 0 radical (unpaired) electrons. The standard InChI is InChI=1S/C14H15N3S/c1-10-2-6-12(7-3-10)18-13-8-9-15-14(17-13)16-11-4-5-11/h2-3,6-9,11H,4-5H2,1H3,(H,15,16,17). The van der Waals surface area contributed by atoms with E-state index >= 15 is 0 Å². The van der Waals surface area contributed by atoms with E-state index in [1.165, 1.54) is 23.3 Å². The minimum atomic E-state index is 0.588. The van der Waals surface area contributed by atoms with E-state index in [0.717, 1.165) is 11.0 Å². The number of aromatic nitrogens is 2. The molecule has 0 amide bonds. The Labute approximate surface area is 111 Å². The molecule has 1 N–H and O–H groups in total. The Balaban J connectivity index is 1.73. The van der Waals surface area contributed by atoms with Gasteiger partial charge in [-0.05, 0) is 38.0 Å². The van der Waals surface area contributed by atoms with Crippen LogP contribution in [0.5, 0.6) is 0 Å². The van der Waals surface area contributed by atoms with Crippen LogP contribution in [0.2, 0.25) is 0 Å². The van der Waals surface area contributed by atoms with E-state index in [4.69, 9.17) is 0 Å². The van der Waals surface area contributed by atoms with Crippen LogP contribution in [-0.2, 0) is 0 Å². The second-order valence-electron chi connectivity index (χ2n) is 4.55. The van der Waals surface area contributed by atoms with Gasteiger partial charge < -0.3 is 5.32 Å². The third kappa shape index (κ3) is 3.01. The zero-order valence-electron chi connectivity index (χ0n) is 10.3. The van der Waals surface area contributed by atoms with Crippen LogP contribution in [0.25, 0.3) is 0 Å². The zero-order chi connectivity index (χ0) is 12.4. The van der Waals surface area contributed by atoms with Crippen molar-refractivity contribution in [1.29, 1.82) is 0 Å². The molecule has 1 saturated carbocycles. The topological polar surface area (TPSA) is 37.8 Å². The molecular formula is C14H15N3S. The molecule has 1 aromatic heterocycles.